The summed E-state index contributed by atoms with van der Waals surface area (Å²) < 4.78 is 1.31. The van der Waals surface area contributed by atoms with E-state index in [1.807, 2.05) is 28.3 Å². The van der Waals surface area contributed by atoms with Crippen molar-refractivity contribution in [2.45, 2.75) is 20.4 Å². The number of hydrogen-bond donors (Lipinski definition) is 0. The number of thiazole rings is 1. The van der Waals surface area contributed by atoms with Gasteiger partial charge in [-0.25, -0.2) is 9.67 Å². The first-order valence-electron chi connectivity index (χ1n) is 6.55. The number of aromatic nitrogens is 3. The normalized spacial score (nSPS) is 10.6. The Bertz CT molecular complexity index is 916. The fourth-order valence-electron chi connectivity index (χ4n) is 2.06. The van der Waals surface area contributed by atoms with Crippen LogP contribution in [0.2, 0.25) is 0 Å². The van der Waals surface area contributed by atoms with E-state index >= 15 is 0 Å². The van der Waals surface area contributed by atoms with E-state index in [9.17, 15) is 4.79 Å². The third-order valence-electron chi connectivity index (χ3n) is 3.38. The van der Waals surface area contributed by atoms with Crippen LogP contribution in [-0.2, 0) is 6.54 Å². The molecule has 0 N–H and O–H groups in total. The Kier molecular flexibility index (Phi) is 3.88. The number of hydrogen-bond acceptors (Lipinski definition) is 6. The molecule has 0 unspecified atom stereocenters. The minimum atomic E-state index is -0.365. The van der Waals surface area contributed by atoms with Gasteiger partial charge in [-0.15, -0.1) is 11.3 Å². The molecule has 0 aliphatic carbocycles. The summed E-state index contributed by atoms with van der Waals surface area (Å²) in [5, 5.41) is 20.3. The van der Waals surface area contributed by atoms with Gasteiger partial charge in [0.1, 0.15) is 16.6 Å². The fourth-order valence-corrected chi connectivity index (χ4v) is 3.59. The zero-order valence-corrected chi connectivity index (χ0v) is 13.7. The van der Waals surface area contributed by atoms with E-state index in [2.05, 4.69) is 10.1 Å². The standard InChI is InChI=1S/C15H12N4OS2/c1-9-10(2)18-19(15(20)13(9)5-16)6-12-8-22-14(17-12)11-3-4-21-7-11/h3-4,7-8H,6H2,1-2H3. The average molecular weight is 328 g/mol. The highest BCUT2D eigenvalue weighted by molar-refractivity contribution is 7.14. The van der Waals surface area contributed by atoms with E-state index in [1.165, 1.54) is 16.0 Å². The summed E-state index contributed by atoms with van der Waals surface area (Å²) in [4.78, 5) is 16.8. The second kappa shape index (κ2) is 5.83. The molecule has 7 heteroatoms. The van der Waals surface area contributed by atoms with Crippen LogP contribution >= 0.6 is 22.7 Å². The molecule has 3 aromatic heterocycles. The summed E-state index contributed by atoms with van der Waals surface area (Å²) in [6, 6.07) is 3.98. The van der Waals surface area contributed by atoms with Crippen LogP contribution in [0.25, 0.3) is 10.6 Å². The van der Waals surface area contributed by atoms with Crippen molar-refractivity contribution in [3.63, 3.8) is 0 Å². The van der Waals surface area contributed by atoms with E-state index in [-0.39, 0.29) is 17.7 Å². The number of thiophene rings is 1. The minimum Gasteiger partial charge on any atom is -0.266 e. The third-order valence-corrected chi connectivity index (χ3v) is 5.00. The Labute approximate surface area is 135 Å². The summed E-state index contributed by atoms with van der Waals surface area (Å²) >= 11 is 3.16. The van der Waals surface area contributed by atoms with Crippen molar-refractivity contribution >= 4 is 22.7 Å². The van der Waals surface area contributed by atoms with Crippen LogP contribution < -0.4 is 5.56 Å². The predicted molar refractivity (Wildman–Crippen MR) is 87.2 cm³/mol. The lowest BCUT2D eigenvalue weighted by Crippen LogP contribution is -2.28. The van der Waals surface area contributed by atoms with Crippen LogP contribution in [0.15, 0.2) is 27.0 Å². The molecule has 0 saturated carbocycles. The van der Waals surface area contributed by atoms with Crippen LogP contribution in [0.3, 0.4) is 0 Å². The highest BCUT2D eigenvalue weighted by Crippen LogP contribution is 2.25. The second-order valence-corrected chi connectivity index (χ2v) is 6.45. The van der Waals surface area contributed by atoms with Gasteiger partial charge in [0.25, 0.3) is 5.56 Å². The van der Waals surface area contributed by atoms with E-state index in [1.54, 1.807) is 25.2 Å². The SMILES string of the molecule is Cc1nn(Cc2csc(-c3ccsc3)n2)c(=O)c(C#N)c1C. The molecule has 0 saturated heterocycles. The maximum atomic E-state index is 12.3. The van der Waals surface area contributed by atoms with Crippen molar-refractivity contribution < 1.29 is 0 Å². The van der Waals surface area contributed by atoms with Gasteiger partial charge >= 0.3 is 0 Å². The monoisotopic (exact) mass is 328 g/mol. The average Bonchev–Trinajstić information content (AvgIpc) is 3.16. The molecule has 0 atom stereocenters. The molecule has 0 spiro atoms. The lowest BCUT2D eigenvalue weighted by Gasteiger charge is -2.07. The Balaban J connectivity index is 1.96. The molecular weight excluding hydrogens is 316 g/mol. The number of nitriles is 1. The molecular formula is C15H12N4OS2. The summed E-state index contributed by atoms with van der Waals surface area (Å²) in [5.74, 6) is 0. The molecule has 5 nitrogen and oxygen atoms in total. The van der Waals surface area contributed by atoms with Gasteiger partial charge in [-0.05, 0) is 30.9 Å². The highest BCUT2D eigenvalue weighted by Gasteiger charge is 2.13. The lowest BCUT2D eigenvalue weighted by molar-refractivity contribution is 0.615. The molecule has 0 radical (unpaired) electrons. The first-order chi connectivity index (χ1) is 10.6. The maximum absolute atomic E-state index is 12.3. The molecule has 0 aliphatic heterocycles. The highest BCUT2D eigenvalue weighted by atomic mass is 32.1. The van der Waals surface area contributed by atoms with Gasteiger partial charge in [0.15, 0.2) is 0 Å². The summed E-state index contributed by atoms with van der Waals surface area (Å²) in [6.45, 7) is 3.81. The van der Waals surface area contributed by atoms with Gasteiger partial charge in [-0.2, -0.15) is 21.7 Å². The number of nitrogens with zero attached hydrogens (tertiary/aromatic N) is 4. The van der Waals surface area contributed by atoms with Gasteiger partial charge in [-0.3, -0.25) is 4.79 Å². The minimum absolute atomic E-state index is 0.154. The Morgan fingerprint density at radius 3 is 2.86 bits per heavy atom. The van der Waals surface area contributed by atoms with E-state index < -0.39 is 0 Å². The molecule has 110 valence electrons. The van der Waals surface area contributed by atoms with Gasteiger partial charge in [-0.1, -0.05) is 0 Å². The van der Waals surface area contributed by atoms with Gasteiger partial charge in [0.2, 0.25) is 0 Å². The molecule has 0 aliphatic rings. The number of rotatable bonds is 3. The molecule has 22 heavy (non-hydrogen) atoms. The van der Waals surface area contributed by atoms with Crippen LogP contribution in [0.1, 0.15) is 22.5 Å². The molecule has 0 amide bonds. The van der Waals surface area contributed by atoms with E-state index in [0.717, 1.165) is 16.3 Å². The van der Waals surface area contributed by atoms with Gasteiger partial charge in [0.05, 0.1) is 17.9 Å². The predicted octanol–water partition coefficient (Wildman–Crippen LogP) is 2.97. The second-order valence-electron chi connectivity index (χ2n) is 4.82. The van der Waals surface area contributed by atoms with Crippen molar-refractivity contribution in [2.75, 3.05) is 0 Å². The smallest absolute Gasteiger partial charge is 0.266 e. The molecule has 3 aromatic rings. The van der Waals surface area contributed by atoms with Crippen LogP contribution in [0.5, 0.6) is 0 Å². The van der Waals surface area contributed by atoms with Gasteiger partial charge < -0.3 is 0 Å². The summed E-state index contributed by atoms with van der Waals surface area (Å²) in [7, 11) is 0. The fraction of sp³-hybridized carbons (Fsp3) is 0.200. The number of aryl methyl sites for hydroxylation is 1. The Hall–Kier alpha value is -2.30. The van der Waals surface area contributed by atoms with Gasteiger partial charge in [0, 0.05) is 16.3 Å². The first kappa shape index (κ1) is 14.6. The summed E-state index contributed by atoms with van der Waals surface area (Å²) in [6.07, 6.45) is 0. The molecule has 0 fully saturated rings. The summed E-state index contributed by atoms with van der Waals surface area (Å²) in [5.41, 5.74) is 2.97. The lowest BCUT2D eigenvalue weighted by atomic mass is 10.1. The Morgan fingerprint density at radius 1 is 1.36 bits per heavy atom. The van der Waals surface area contributed by atoms with Crippen LogP contribution in [0.4, 0.5) is 0 Å². The zero-order valence-electron chi connectivity index (χ0n) is 12.0. The van der Waals surface area contributed by atoms with E-state index in [4.69, 9.17) is 5.26 Å². The molecule has 0 aromatic carbocycles. The third kappa shape index (κ3) is 2.58. The Morgan fingerprint density at radius 2 is 2.18 bits per heavy atom. The molecule has 3 heterocycles. The van der Waals surface area contributed by atoms with Crippen molar-refractivity contribution in [3.8, 4) is 16.6 Å². The van der Waals surface area contributed by atoms with Crippen molar-refractivity contribution in [1.82, 2.24) is 14.8 Å². The van der Waals surface area contributed by atoms with Crippen molar-refractivity contribution in [1.29, 1.82) is 5.26 Å². The van der Waals surface area contributed by atoms with E-state index in [0.29, 0.717) is 11.3 Å². The topological polar surface area (TPSA) is 71.6 Å². The van der Waals surface area contributed by atoms with Crippen molar-refractivity contribution in [3.05, 3.63) is 55.1 Å². The van der Waals surface area contributed by atoms with Crippen molar-refractivity contribution in [2.24, 2.45) is 0 Å². The van der Waals surface area contributed by atoms with Crippen LogP contribution in [-0.4, -0.2) is 14.8 Å². The molecule has 0 bridgehead atoms. The maximum Gasteiger partial charge on any atom is 0.285 e. The largest absolute Gasteiger partial charge is 0.285 e. The van der Waals surface area contributed by atoms with Crippen LogP contribution in [0, 0.1) is 25.2 Å². The zero-order chi connectivity index (χ0) is 15.7. The first-order valence-corrected chi connectivity index (χ1v) is 8.37. The quantitative estimate of drug-likeness (QED) is 0.741. The molecule has 3 rings (SSSR count).